The topological polar surface area (TPSA) is 15.6 Å². The van der Waals surface area contributed by atoms with Crippen LogP contribution in [0, 0.1) is 0 Å². The second-order valence-corrected chi connectivity index (χ2v) is 3.72. The van der Waals surface area contributed by atoms with Gasteiger partial charge >= 0.3 is 49.1 Å². The van der Waals surface area contributed by atoms with Crippen molar-refractivity contribution in [1.82, 2.24) is 3.93 Å². The number of hydrogen-bond acceptors (Lipinski definition) is 2. The molecular weight excluding hydrogens is 151 g/mol. The Morgan fingerprint density at radius 3 is 2.71 bits per heavy atom. The van der Waals surface area contributed by atoms with Crippen molar-refractivity contribution in [2.75, 3.05) is 7.05 Å². The average molecular weight is 158 g/mol. The van der Waals surface area contributed by atoms with Gasteiger partial charge in [0.25, 0.3) is 0 Å². The molecule has 0 saturated carbocycles. The van der Waals surface area contributed by atoms with Crippen LogP contribution in [0.15, 0.2) is 5.10 Å². The Kier molecular flexibility index (Phi) is 1.29. The van der Waals surface area contributed by atoms with Crippen LogP contribution in [-0.4, -0.2) is 37.0 Å². The molecule has 0 N–H and O–H groups in total. The van der Waals surface area contributed by atoms with E-state index in [9.17, 15) is 0 Å². The zero-order chi connectivity index (χ0) is 5.28. The monoisotopic (exact) mass is 158 g/mol. The second kappa shape index (κ2) is 1.79. The fourth-order valence-corrected chi connectivity index (χ4v) is 1.66. The maximum absolute atomic E-state index is 4.12. The molecule has 0 aromatic carbocycles. The molecule has 0 saturated heterocycles. The molecule has 1 aliphatic rings. The summed E-state index contributed by atoms with van der Waals surface area (Å²) < 4.78 is 2.01. The van der Waals surface area contributed by atoms with Crippen LogP contribution in [-0.2, 0) is 0 Å². The third kappa shape index (κ3) is 1.13. The fraction of sp³-hybridized carbons (Fsp3) is 0.500. The molecule has 0 radical (unpaired) electrons. The molecule has 0 fully saturated rings. The molecule has 0 spiro atoms. The maximum atomic E-state index is 4.12. The van der Waals surface area contributed by atoms with Crippen LogP contribution in [0.1, 0.15) is 6.92 Å². The van der Waals surface area contributed by atoms with Crippen molar-refractivity contribution >= 4 is 26.1 Å². The van der Waals surface area contributed by atoms with Crippen molar-refractivity contribution in [3.63, 3.8) is 0 Å². The molecule has 0 aliphatic carbocycles. The van der Waals surface area contributed by atoms with E-state index in [0.717, 1.165) is 0 Å². The van der Waals surface area contributed by atoms with E-state index in [1.54, 1.807) is 0 Å². The molecule has 0 atom stereocenters. The summed E-state index contributed by atoms with van der Waals surface area (Å²) in [6.07, 6.45) is 0. The van der Waals surface area contributed by atoms with Gasteiger partial charge in [-0.15, -0.1) is 0 Å². The molecule has 3 heteroatoms. The van der Waals surface area contributed by atoms with E-state index in [-0.39, 0.29) is 15.5 Å². The number of hydrazone groups is 1. The Labute approximate surface area is 49.7 Å². The third-order valence-electron chi connectivity index (χ3n) is 0.714. The van der Waals surface area contributed by atoms with E-state index < -0.39 is 0 Å². The summed E-state index contributed by atoms with van der Waals surface area (Å²) in [4.78, 5) is 2.19. The van der Waals surface area contributed by atoms with Gasteiger partial charge in [0.1, 0.15) is 0 Å². The molecule has 38 valence electrons. The summed E-state index contributed by atoms with van der Waals surface area (Å²) in [5.74, 6) is 0. The van der Waals surface area contributed by atoms with E-state index in [0.29, 0.717) is 0 Å². The van der Waals surface area contributed by atoms with E-state index in [2.05, 4.69) is 9.91 Å². The zero-order valence-electron chi connectivity index (χ0n) is 4.42. The van der Waals surface area contributed by atoms with E-state index in [1.807, 2.05) is 17.9 Å². The van der Waals surface area contributed by atoms with Crippen LogP contribution in [0.2, 0.25) is 0 Å². The van der Waals surface area contributed by atoms with Crippen molar-refractivity contribution in [3.8, 4) is 0 Å². The first-order chi connectivity index (χ1) is 3.29. The van der Waals surface area contributed by atoms with Crippen molar-refractivity contribution in [2.24, 2.45) is 5.10 Å². The Balaban J connectivity index is 2.69. The molecule has 1 heterocycles. The summed E-state index contributed by atoms with van der Waals surface area (Å²) >= 11 is 0.267. The molecule has 2 nitrogen and oxygen atoms in total. The Morgan fingerprint density at radius 1 is 1.86 bits per heavy atom. The van der Waals surface area contributed by atoms with Gasteiger partial charge in [-0.25, -0.2) is 0 Å². The summed E-state index contributed by atoms with van der Waals surface area (Å²) in [5.41, 5.74) is 1.17. The Hall–Kier alpha value is -0.102. The molecule has 7 heavy (non-hydrogen) atoms. The van der Waals surface area contributed by atoms with E-state index in [1.165, 1.54) is 5.71 Å². The number of rotatable bonds is 0. The Bertz CT molecular complexity index is 128. The van der Waals surface area contributed by atoms with Gasteiger partial charge in [0.15, 0.2) is 0 Å². The minimum absolute atomic E-state index is 0.267. The SMILES string of the molecule is CC1=NN(C)[As]=C1. The van der Waals surface area contributed by atoms with Crippen molar-refractivity contribution in [3.05, 3.63) is 0 Å². The van der Waals surface area contributed by atoms with Gasteiger partial charge in [0.05, 0.1) is 0 Å². The first kappa shape index (κ1) is 5.04. The summed E-state index contributed by atoms with van der Waals surface area (Å²) in [5, 5.41) is 4.12. The molecule has 0 bridgehead atoms. The van der Waals surface area contributed by atoms with Crippen LogP contribution in [0.5, 0.6) is 0 Å². The minimum atomic E-state index is 0.267. The molecular formula is C4H7AsN2. The number of nitrogens with zero attached hydrogens (tertiary/aromatic N) is 2. The first-order valence-corrected chi connectivity index (χ1v) is 4.04. The third-order valence-corrected chi connectivity index (χ3v) is 2.63. The quantitative estimate of drug-likeness (QED) is 0.443. The van der Waals surface area contributed by atoms with Crippen LogP contribution in [0.25, 0.3) is 0 Å². The van der Waals surface area contributed by atoms with Gasteiger partial charge in [-0.3, -0.25) is 0 Å². The molecule has 0 amide bonds. The predicted octanol–water partition coefficient (Wildman–Crippen LogP) is -0.271. The van der Waals surface area contributed by atoms with Gasteiger partial charge in [0, 0.05) is 0 Å². The van der Waals surface area contributed by atoms with Gasteiger partial charge in [-0.1, -0.05) is 0 Å². The molecule has 1 rings (SSSR count). The van der Waals surface area contributed by atoms with E-state index in [4.69, 9.17) is 0 Å². The molecule has 0 aromatic heterocycles. The van der Waals surface area contributed by atoms with Crippen LogP contribution in [0.3, 0.4) is 0 Å². The molecule has 0 aromatic rings. The number of hydrogen-bond donors (Lipinski definition) is 0. The van der Waals surface area contributed by atoms with Crippen LogP contribution >= 0.6 is 0 Å². The van der Waals surface area contributed by atoms with Gasteiger partial charge in [0.2, 0.25) is 0 Å². The predicted molar refractivity (Wildman–Crippen MR) is 32.7 cm³/mol. The van der Waals surface area contributed by atoms with Crippen molar-refractivity contribution in [2.45, 2.75) is 6.92 Å². The first-order valence-electron chi connectivity index (χ1n) is 2.12. The summed E-state index contributed by atoms with van der Waals surface area (Å²) in [6, 6.07) is 0. The van der Waals surface area contributed by atoms with Gasteiger partial charge in [-0.2, -0.15) is 0 Å². The average Bonchev–Trinajstić information content (AvgIpc) is 1.87. The van der Waals surface area contributed by atoms with Crippen LogP contribution in [0.4, 0.5) is 0 Å². The summed E-state index contributed by atoms with van der Waals surface area (Å²) in [6.45, 7) is 2.03. The van der Waals surface area contributed by atoms with Crippen molar-refractivity contribution < 1.29 is 0 Å². The van der Waals surface area contributed by atoms with Crippen LogP contribution < -0.4 is 0 Å². The molecule has 0 unspecified atom stereocenters. The summed E-state index contributed by atoms with van der Waals surface area (Å²) in [7, 11) is 2.01. The van der Waals surface area contributed by atoms with Gasteiger partial charge in [-0.05, 0) is 0 Å². The fourth-order valence-electron chi connectivity index (χ4n) is 0.447. The normalized spacial score (nSPS) is 20.3. The van der Waals surface area contributed by atoms with E-state index >= 15 is 0 Å². The zero-order valence-corrected chi connectivity index (χ0v) is 6.30. The Morgan fingerprint density at radius 2 is 2.57 bits per heavy atom. The van der Waals surface area contributed by atoms with Gasteiger partial charge < -0.3 is 0 Å². The standard InChI is InChI=1S/C4H7AsN2/c1-4-3-5-7(2)6-4/h3H,1-2H3. The second-order valence-electron chi connectivity index (χ2n) is 1.48. The molecule has 1 aliphatic heterocycles. The van der Waals surface area contributed by atoms with Crippen molar-refractivity contribution in [1.29, 1.82) is 0 Å².